The molecule has 0 N–H and O–H groups in total. The summed E-state index contributed by atoms with van der Waals surface area (Å²) in [6.07, 6.45) is 97.7. The molecule has 6 nitrogen and oxygen atoms in total. The maximum Gasteiger partial charge on any atom is 0.309 e. The highest BCUT2D eigenvalue weighted by Gasteiger charge is 2.19. The predicted octanol–water partition coefficient (Wildman–Crippen LogP) is 21.7. The average molecular weight is 1090 g/mol. The van der Waals surface area contributed by atoms with Crippen LogP contribution in [0.5, 0.6) is 0 Å². The van der Waals surface area contributed by atoms with Crippen molar-refractivity contribution in [2.75, 3.05) is 13.2 Å². The summed E-state index contributed by atoms with van der Waals surface area (Å²) >= 11 is 0. The van der Waals surface area contributed by atoms with Crippen LogP contribution in [0.3, 0.4) is 0 Å². The lowest BCUT2D eigenvalue weighted by molar-refractivity contribution is -0.166. The maximum absolute atomic E-state index is 12.9. The molecule has 0 bridgehead atoms. The van der Waals surface area contributed by atoms with E-state index in [9.17, 15) is 14.4 Å². The zero-order chi connectivity index (χ0) is 57.1. The van der Waals surface area contributed by atoms with Crippen molar-refractivity contribution < 1.29 is 28.6 Å². The van der Waals surface area contributed by atoms with Gasteiger partial charge in [-0.05, 0) is 141 Å². The lowest BCUT2D eigenvalue weighted by Gasteiger charge is -2.18. The van der Waals surface area contributed by atoms with E-state index in [-0.39, 0.29) is 38.0 Å². The molecule has 0 aromatic rings. The normalized spacial score (nSPS) is 13.4. The first kappa shape index (κ1) is 73.5. The van der Waals surface area contributed by atoms with E-state index in [4.69, 9.17) is 14.2 Å². The number of ether oxygens (including phenoxy) is 3. The molecule has 0 spiro atoms. The Hall–Kier alpha value is -5.49. The Morgan fingerprint density at radius 2 is 0.544 bits per heavy atom. The van der Waals surface area contributed by atoms with Crippen molar-refractivity contribution in [1.29, 1.82) is 0 Å². The summed E-state index contributed by atoms with van der Waals surface area (Å²) in [5.74, 6) is -1.11. The molecule has 0 fully saturated rings. The number of carbonyl (C=O) groups excluding carboxylic acids is 3. The highest BCUT2D eigenvalue weighted by atomic mass is 16.6. The first-order chi connectivity index (χ1) is 39.0. The Bertz CT molecular complexity index is 1870. The molecule has 1 unspecified atom stereocenters. The fourth-order valence-electron chi connectivity index (χ4n) is 7.80. The van der Waals surface area contributed by atoms with Crippen LogP contribution in [0.4, 0.5) is 0 Å². The zero-order valence-electron chi connectivity index (χ0n) is 50.3. The minimum absolute atomic E-state index is 0.111. The van der Waals surface area contributed by atoms with Gasteiger partial charge in [0.05, 0.1) is 6.42 Å². The summed E-state index contributed by atoms with van der Waals surface area (Å²) < 4.78 is 16.8. The Morgan fingerprint density at radius 1 is 0.278 bits per heavy atom. The van der Waals surface area contributed by atoms with Crippen molar-refractivity contribution in [3.8, 4) is 0 Å². The van der Waals surface area contributed by atoms with Crippen LogP contribution in [0.2, 0.25) is 0 Å². The molecule has 0 aromatic heterocycles. The molecule has 0 aliphatic heterocycles. The van der Waals surface area contributed by atoms with Crippen molar-refractivity contribution in [3.05, 3.63) is 182 Å². The van der Waals surface area contributed by atoms with Gasteiger partial charge < -0.3 is 14.2 Å². The van der Waals surface area contributed by atoms with Crippen molar-refractivity contribution in [2.24, 2.45) is 0 Å². The molecule has 0 aliphatic carbocycles. The highest BCUT2D eigenvalue weighted by Crippen LogP contribution is 2.13. The quantitative estimate of drug-likeness (QED) is 0.0261. The van der Waals surface area contributed by atoms with E-state index in [2.05, 4.69) is 191 Å². The zero-order valence-corrected chi connectivity index (χ0v) is 50.3. The van der Waals surface area contributed by atoms with E-state index >= 15 is 0 Å². The highest BCUT2D eigenvalue weighted by molar-refractivity contribution is 5.72. The molecule has 0 saturated carbocycles. The Kier molecular flexibility index (Phi) is 60.5. The van der Waals surface area contributed by atoms with Crippen LogP contribution in [0.1, 0.15) is 239 Å². The van der Waals surface area contributed by atoms with Gasteiger partial charge in [0.2, 0.25) is 0 Å². The van der Waals surface area contributed by atoms with E-state index in [0.717, 1.165) is 161 Å². The maximum atomic E-state index is 12.9. The average Bonchev–Trinajstić information content (AvgIpc) is 3.45. The molecule has 0 radical (unpaired) electrons. The van der Waals surface area contributed by atoms with E-state index in [1.807, 2.05) is 6.08 Å². The molecule has 79 heavy (non-hydrogen) atoms. The summed E-state index contributed by atoms with van der Waals surface area (Å²) in [5, 5.41) is 0. The Labute approximate surface area is 484 Å². The largest absolute Gasteiger partial charge is 0.462 e. The molecule has 0 amide bonds. The molecular weight excluding hydrogens is 973 g/mol. The van der Waals surface area contributed by atoms with Crippen molar-refractivity contribution in [3.63, 3.8) is 0 Å². The van der Waals surface area contributed by atoms with Crippen LogP contribution in [-0.2, 0) is 28.6 Å². The monoisotopic (exact) mass is 1080 g/mol. The van der Waals surface area contributed by atoms with Crippen LogP contribution in [0, 0.1) is 0 Å². The van der Waals surface area contributed by atoms with Gasteiger partial charge in [-0.1, -0.05) is 261 Å². The molecule has 0 rings (SSSR count). The molecule has 440 valence electrons. The van der Waals surface area contributed by atoms with Crippen LogP contribution in [0.15, 0.2) is 182 Å². The lowest BCUT2D eigenvalue weighted by Crippen LogP contribution is -2.30. The summed E-state index contributed by atoms with van der Waals surface area (Å²) in [4.78, 5) is 38.2. The molecule has 6 heteroatoms. The minimum Gasteiger partial charge on any atom is -0.462 e. The molecular formula is C73H112O6. The van der Waals surface area contributed by atoms with Gasteiger partial charge in [0, 0.05) is 12.8 Å². The molecule has 1 atom stereocenters. The lowest BCUT2D eigenvalue weighted by atomic mass is 10.1. The van der Waals surface area contributed by atoms with Crippen molar-refractivity contribution >= 4 is 17.9 Å². The van der Waals surface area contributed by atoms with Crippen molar-refractivity contribution in [1.82, 2.24) is 0 Å². The van der Waals surface area contributed by atoms with Crippen LogP contribution in [0.25, 0.3) is 0 Å². The Morgan fingerprint density at radius 3 is 0.886 bits per heavy atom. The molecule has 0 aromatic carbocycles. The number of hydrogen-bond donors (Lipinski definition) is 0. The van der Waals surface area contributed by atoms with Crippen LogP contribution < -0.4 is 0 Å². The second-order valence-corrected chi connectivity index (χ2v) is 19.9. The number of rotatable bonds is 54. The van der Waals surface area contributed by atoms with Gasteiger partial charge in [-0.25, -0.2) is 0 Å². The minimum atomic E-state index is -0.845. The topological polar surface area (TPSA) is 78.9 Å². The fraction of sp³-hybridized carbons (Fsp3) is 0.548. The van der Waals surface area contributed by atoms with E-state index in [1.165, 1.54) is 38.5 Å². The molecule has 0 aliphatic rings. The van der Waals surface area contributed by atoms with Gasteiger partial charge >= 0.3 is 17.9 Å². The number of allylic oxidation sites excluding steroid dienone is 29. The van der Waals surface area contributed by atoms with Gasteiger partial charge in [0.25, 0.3) is 0 Å². The fourth-order valence-corrected chi connectivity index (χ4v) is 7.80. The SMILES string of the molecule is CC/C=C\C/C=C\C/C=C\C/C=C\C/C=C\C/C=C\C/C=C\CCCCCCCC(=O)OCC(COC(=O)C/C=C\C/C=C\C/C=C\C/C=C\C/C=C\CC)OC(=O)CCCCCCCC/C=C\C/C=C\C/C=C\CCCCC. The third-order valence-electron chi connectivity index (χ3n) is 12.4. The van der Waals surface area contributed by atoms with E-state index in [0.29, 0.717) is 6.42 Å². The third-order valence-corrected chi connectivity index (χ3v) is 12.4. The summed E-state index contributed by atoms with van der Waals surface area (Å²) in [6, 6.07) is 0. The predicted molar refractivity (Wildman–Crippen MR) is 343 cm³/mol. The van der Waals surface area contributed by atoms with E-state index < -0.39 is 12.1 Å². The van der Waals surface area contributed by atoms with Gasteiger partial charge in [0.15, 0.2) is 6.10 Å². The smallest absolute Gasteiger partial charge is 0.309 e. The van der Waals surface area contributed by atoms with Crippen LogP contribution >= 0.6 is 0 Å². The van der Waals surface area contributed by atoms with E-state index in [1.54, 1.807) is 6.08 Å². The van der Waals surface area contributed by atoms with Gasteiger partial charge in [-0.3, -0.25) is 14.4 Å². The first-order valence-corrected chi connectivity index (χ1v) is 31.3. The number of carbonyl (C=O) groups is 3. The van der Waals surface area contributed by atoms with Crippen LogP contribution in [-0.4, -0.2) is 37.2 Å². The number of esters is 3. The third kappa shape index (κ3) is 63.2. The summed E-state index contributed by atoms with van der Waals surface area (Å²) in [5.41, 5.74) is 0. The second-order valence-electron chi connectivity index (χ2n) is 19.9. The standard InChI is InChI=1S/C73H112O6/c1-4-7-10-13-16-19-22-25-28-30-32-33-34-35-36-37-38-39-41-42-45-48-51-54-57-60-63-66-72(75)78-69-70(68-77-71(74)65-62-59-56-53-50-47-44-27-24-21-18-15-12-9-6-3)79-73(76)67-64-61-58-55-52-49-46-43-40-31-29-26-23-20-17-14-11-8-5-2/h7,9-10,12,16-21,25-29,32-33,35-36,38-40,42-45,50,53,59,62,70H,4-6,8,11,13-15,22-24,30-31,34,37,41,46-49,51-52,54-58,60-61,63-69H2,1-3H3/b10-7-,12-9-,19-16-,20-17-,21-18-,28-25-,29-26-,33-32-,36-35-,39-38-,43-40-,44-27-,45-42-,53-50-,62-59-. The Balaban J connectivity index is 4.54. The summed E-state index contributed by atoms with van der Waals surface area (Å²) in [7, 11) is 0. The van der Waals surface area contributed by atoms with Gasteiger partial charge in [0.1, 0.15) is 13.2 Å². The second kappa shape index (κ2) is 65.0. The first-order valence-electron chi connectivity index (χ1n) is 31.3. The molecule has 0 heterocycles. The van der Waals surface area contributed by atoms with Gasteiger partial charge in [-0.15, -0.1) is 0 Å². The number of hydrogen-bond acceptors (Lipinski definition) is 6. The van der Waals surface area contributed by atoms with Crippen molar-refractivity contribution in [2.45, 2.75) is 245 Å². The molecule has 0 saturated heterocycles. The number of unbranched alkanes of at least 4 members (excludes halogenated alkanes) is 14. The summed E-state index contributed by atoms with van der Waals surface area (Å²) in [6.45, 7) is 6.25. The van der Waals surface area contributed by atoms with Gasteiger partial charge in [-0.2, -0.15) is 0 Å².